The van der Waals surface area contributed by atoms with Crippen molar-refractivity contribution in [2.75, 3.05) is 18.6 Å². The third-order valence-electron chi connectivity index (χ3n) is 7.52. The van der Waals surface area contributed by atoms with Crippen LogP contribution in [0, 0.1) is 26.7 Å². The average molecular weight is 668 g/mol. The highest BCUT2D eigenvalue weighted by molar-refractivity contribution is 8.06. The zero-order valence-corrected chi connectivity index (χ0v) is 33.3. The molecule has 0 heterocycles. The van der Waals surface area contributed by atoms with E-state index in [-0.39, 0.29) is 11.7 Å². The van der Waals surface area contributed by atoms with Gasteiger partial charge in [0.25, 0.3) is 5.91 Å². The van der Waals surface area contributed by atoms with Crippen molar-refractivity contribution in [2.24, 2.45) is 5.92 Å². The lowest BCUT2D eigenvalue weighted by Crippen LogP contribution is -2.27. The first-order valence-corrected chi connectivity index (χ1v) is 18.8. The zero-order chi connectivity index (χ0) is 36.4. The van der Waals surface area contributed by atoms with Crippen molar-refractivity contribution >= 4 is 29.1 Å². The molecule has 0 aliphatic rings. The van der Waals surface area contributed by atoms with E-state index in [9.17, 15) is 9.59 Å². The van der Waals surface area contributed by atoms with Crippen molar-refractivity contribution in [2.45, 2.75) is 141 Å². The summed E-state index contributed by atoms with van der Waals surface area (Å²) in [5.41, 5.74) is 6.12. The summed E-state index contributed by atoms with van der Waals surface area (Å²) in [6, 6.07) is 11.9. The summed E-state index contributed by atoms with van der Waals surface area (Å²) in [5, 5.41) is 1.69. The van der Waals surface area contributed by atoms with Crippen LogP contribution in [0.15, 0.2) is 58.9 Å². The number of carbonyl (C=O) groups is 2. The van der Waals surface area contributed by atoms with E-state index in [1.165, 1.54) is 55.9 Å². The van der Waals surface area contributed by atoms with Gasteiger partial charge >= 0.3 is 0 Å². The largest absolute Gasteiger partial charge is 0.494 e. The van der Waals surface area contributed by atoms with Gasteiger partial charge in [0.1, 0.15) is 5.75 Å². The molecule has 0 saturated carbocycles. The molecular formula is C42H69NO3S. The summed E-state index contributed by atoms with van der Waals surface area (Å²) in [6.45, 7) is 29.2. The lowest BCUT2D eigenvalue weighted by Gasteiger charge is -2.21. The number of hydrogen-bond donors (Lipinski definition) is 0. The number of anilines is 1. The van der Waals surface area contributed by atoms with E-state index in [2.05, 4.69) is 40.3 Å². The van der Waals surface area contributed by atoms with Crippen LogP contribution in [0.5, 0.6) is 5.75 Å². The molecule has 0 fully saturated rings. The highest BCUT2D eigenvalue weighted by Crippen LogP contribution is 2.27. The molecule has 2 aromatic rings. The summed E-state index contributed by atoms with van der Waals surface area (Å²) in [5.74, 6) is 1.80. The van der Waals surface area contributed by atoms with E-state index in [0.717, 1.165) is 57.4 Å². The number of ketones is 1. The Hall–Kier alpha value is -2.79. The van der Waals surface area contributed by atoms with Gasteiger partial charge in [0.15, 0.2) is 5.78 Å². The molecule has 0 aliphatic carbocycles. The first-order chi connectivity index (χ1) is 22.4. The highest BCUT2D eigenvalue weighted by atomic mass is 32.2. The molecule has 2 rings (SSSR count). The van der Waals surface area contributed by atoms with E-state index in [4.69, 9.17) is 4.74 Å². The number of rotatable bonds is 16. The minimum absolute atomic E-state index is 0.0110. The molecule has 47 heavy (non-hydrogen) atoms. The van der Waals surface area contributed by atoms with Crippen LogP contribution in [0.4, 0.5) is 5.69 Å². The van der Waals surface area contributed by atoms with Crippen LogP contribution >= 0.6 is 11.8 Å². The SMILES string of the molecule is C=CSC(C(=O)N(C)c1ccc(C)cc1C)=C(C)C.CC.CCCC(C)CCCC(=O)c1ccc(C)c(OCC)c1.CCCCCC. The lowest BCUT2D eigenvalue weighted by molar-refractivity contribution is -0.114. The molecule has 266 valence electrons. The molecule has 0 saturated heterocycles. The Bertz CT molecular complexity index is 1190. The molecular weight excluding hydrogens is 599 g/mol. The predicted octanol–water partition coefficient (Wildman–Crippen LogP) is 13.2. The maximum atomic E-state index is 12.5. The number of unbranched alkanes of at least 4 members (excludes halogenated alkanes) is 3. The van der Waals surface area contributed by atoms with Crippen molar-refractivity contribution in [3.63, 3.8) is 0 Å². The molecule has 0 N–H and O–H groups in total. The van der Waals surface area contributed by atoms with Gasteiger partial charge in [-0.2, -0.15) is 0 Å². The van der Waals surface area contributed by atoms with Crippen LogP contribution in [-0.4, -0.2) is 25.3 Å². The second kappa shape index (κ2) is 28.2. The summed E-state index contributed by atoms with van der Waals surface area (Å²) in [4.78, 5) is 27.1. The fourth-order valence-electron chi connectivity index (χ4n) is 4.89. The Balaban J connectivity index is 0. The summed E-state index contributed by atoms with van der Waals surface area (Å²) in [7, 11) is 1.81. The van der Waals surface area contributed by atoms with Crippen LogP contribution in [0.2, 0.25) is 0 Å². The van der Waals surface area contributed by atoms with E-state index < -0.39 is 0 Å². The fraction of sp³-hybridized carbons (Fsp3) is 0.571. The molecule has 1 amide bonds. The number of benzene rings is 2. The van der Waals surface area contributed by atoms with Gasteiger partial charge in [-0.15, -0.1) is 0 Å². The second-order valence-corrected chi connectivity index (χ2v) is 13.1. The lowest BCUT2D eigenvalue weighted by atomic mass is 9.96. The maximum absolute atomic E-state index is 12.5. The smallest absolute Gasteiger partial charge is 0.264 e. The first kappa shape index (κ1) is 46.3. The van der Waals surface area contributed by atoms with Crippen molar-refractivity contribution in [1.82, 2.24) is 0 Å². The summed E-state index contributed by atoms with van der Waals surface area (Å²) in [6.07, 6.45) is 10.8. The van der Waals surface area contributed by atoms with Crippen LogP contribution in [-0.2, 0) is 4.79 Å². The molecule has 1 atom stereocenters. The first-order valence-electron chi connectivity index (χ1n) is 17.9. The number of amides is 1. The van der Waals surface area contributed by atoms with Crippen LogP contribution < -0.4 is 9.64 Å². The van der Waals surface area contributed by atoms with Crippen molar-refractivity contribution in [3.8, 4) is 5.75 Å². The Labute approximate surface area is 294 Å². The quantitative estimate of drug-likeness (QED) is 0.102. The van der Waals surface area contributed by atoms with E-state index in [0.29, 0.717) is 13.0 Å². The Morgan fingerprint density at radius 3 is 1.98 bits per heavy atom. The number of carbonyl (C=O) groups excluding carboxylic acids is 2. The number of likely N-dealkylation sites (N-methyl/N-ethyl adjacent to an activating group) is 1. The molecule has 4 nitrogen and oxygen atoms in total. The third-order valence-corrected chi connectivity index (χ3v) is 8.50. The molecule has 2 aromatic carbocycles. The third kappa shape index (κ3) is 19.6. The number of ether oxygens (including phenoxy) is 1. The van der Waals surface area contributed by atoms with Crippen LogP contribution in [0.25, 0.3) is 0 Å². The molecule has 5 heteroatoms. The van der Waals surface area contributed by atoms with Gasteiger partial charge in [-0.3, -0.25) is 9.59 Å². The molecule has 1 unspecified atom stereocenters. The van der Waals surface area contributed by atoms with Crippen molar-refractivity contribution in [1.29, 1.82) is 0 Å². The number of aryl methyl sites for hydroxylation is 3. The van der Waals surface area contributed by atoms with E-state index in [1.54, 1.807) is 10.3 Å². The van der Waals surface area contributed by atoms with Crippen molar-refractivity contribution in [3.05, 3.63) is 81.1 Å². The van der Waals surface area contributed by atoms with E-state index >= 15 is 0 Å². The van der Waals surface area contributed by atoms with Gasteiger partial charge < -0.3 is 9.64 Å². The molecule has 0 radical (unpaired) electrons. The number of nitrogens with zero attached hydrogens (tertiary/aromatic N) is 1. The minimum Gasteiger partial charge on any atom is -0.494 e. The van der Waals surface area contributed by atoms with Crippen molar-refractivity contribution < 1.29 is 14.3 Å². The summed E-state index contributed by atoms with van der Waals surface area (Å²) < 4.78 is 5.55. The Kier molecular flexibility index (Phi) is 27.8. The number of Topliss-reactive ketones (excluding diaryl/α,β-unsaturated/α-hetero) is 1. The molecule has 0 bridgehead atoms. The normalized spacial score (nSPS) is 10.5. The number of thioether (sulfide) groups is 1. The van der Waals surface area contributed by atoms with Gasteiger partial charge in [-0.1, -0.05) is 140 Å². The van der Waals surface area contributed by atoms with Gasteiger partial charge in [0.05, 0.1) is 11.5 Å². The van der Waals surface area contributed by atoms with Gasteiger partial charge in [0, 0.05) is 24.7 Å². The molecule has 0 aliphatic heterocycles. The maximum Gasteiger partial charge on any atom is 0.264 e. The fourth-order valence-corrected chi connectivity index (χ4v) is 5.53. The summed E-state index contributed by atoms with van der Waals surface area (Å²) >= 11 is 1.38. The zero-order valence-electron chi connectivity index (χ0n) is 32.5. The number of allylic oxidation sites excluding steroid dienone is 1. The predicted molar refractivity (Wildman–Crippen MR) is 211 cm³/mol. The van der Waals surface area contributed by atoms with Crippen LogP contribution in [0.3, 0.4) is 0 Å². The average Bonchev–Trinajstić information content (AvgIpc) is 3.04. The van der Waals surface area contributed by atoms with Gasteiger partial charge in [0.2, 0.25) is 0 Å². The monoisotopic (exact) mass is 667 g/mol. The minimum atomic E-state index is 0.0110. The van der Waals surface area contributed by atoms with Gasteiger partial charge in [-0.25, -0.2) is 0 Å². The molecule has 0 spiro atoms. The topological polar surface area (TPSA) is 46.6 Å². The van der Waals surface area contributed by atoms with E-state index in [1.807, 2.05) is 92.8 Å². The number of hydrogen-bond acceptors (Lipinski definition) is 4. The second-order valence-electron chi connectivity index (χ2n) is 12.1. The Morgan fingerprint density at radius 1 is 0.872 bits per heavy atom. The van der Waals surface area contributed by atoms with Crippen LogP contribution in [0.1, 0.15) is 147 Å². The Morgan fingerprint density at radius 2 is 1.49 bits per heavy atom. The highest BCUT2D eigenvalue weighted by Gasteiger charge is 2.18. The standard InChI is InChI=1S/C18H28O2.C16H21NOS.C6H14.C2H6/c1-5-8-14(3)9-7-10-17(19)16-12-11-15(4)18(13-16)20-6-2;1-7-19-15(11(2)3)16(18)17(6)14-9-8-12(4)10-13(14)5;1-3-5-6-4-2;1-2/h11-14H,5-10H2,1-4H3;7-10H,1H2,2-6H3;3-6H2,1-2H3;1-2H3. The molecule has 0 aromatic heterocycles. The van der Waals surface area contributed by atoms with Gasteiger partial charge in [-0.05, 0) is 82.5 Å².